The van der Waals surface area contributed by atoms with Crippen molar-refractivity contribution in [1.29, 1.82) is 0 Å². The predicted molar refractivity (Wildman–Crippen MR) is 115 cm³/mol. The van der Waals surface area contributed by atoms with E-state index in [1.54, 1.807) is 38.1 Å². The number of hydrogen-bond acceptors (Lipinski definition) is 4. The number of hydrogen-bond donors (Lipinski definition) is 1. The van der Waals surface area contributed by atoms with Gasteiger partial charge in [-0.3, -0.25) is 14.5 Å². The van der Waals surface area contributed by atoms with E-state index in [1.165, 1.54) is 4.90 Å². The first-order chi connectivity index (χ1) is 13.5. The summed E-state index contributed by atoms with van der Waals surface area (Å²) in [6, 6.07) is 12.9. The van der Waals surface area contributed by atoms with Gasteiger partial charge in [-0.2, -0.15) is 0 Å². The maximum atomic E-state index is 12.6. The van der Waals surface area contributed by atoms with E-state index in [9.17, 15) is 14.7 Å². The molecule has 2 aromatic carbocycles. The Kier molecular flexibility index (Phi) is 5.70. The summed E-state index contributed by atoms with van der Waals surface area (Å²) in [6.45, 7) is 9.50. The van der Waals surface area contributed by atoms with Crippen molar-refractivity contribution in [1.82, 2.24) is 4.90 Å². The number of benzene rings is 2. The summed E-state index contributed by atoms with van der Waals surface area (Å²) >= 11 is 0. The van der Waals surface area contributed by atoms with Crippen molar-refractivity contribution in [3.05, 3.63) is 64.7 Å². The predicted octanol–water partition coefficient (Wildman–Crippen LogP) is 2.59. The van der Waals surface area contributed by atoms with Gasteiger partial charge in [0, 0.05) is 0 Å². The lowest BCUT2D eigenvalue weighted by Crippen LogP contribution is -2.49. The fourth-order valence-corrected chi connectivity index (χ4v) is 3.25. The van der Waals surface area contributed by atoms with Crippen molar-refractivity contribution in [2.45, 2.75) is 58.8 Å². The lowest BCUT2D eigenvalue weighted by atomic mass is 9.81. The quantitative estimate of drug-likeness (QED) is 0.580. The lowest BCUT2D eigenvalue weighted by molar-refractivity contribution is -0.0893. The molecule has 0 aromatic heterocycles. The molecule has 0 saturated heterocycles. The highest BCUT2D eigenvalue weighted by molar-refractivity contribution is 6.47. The second-order valence-corrected chi connectivity index (χ2v) is 8.56. The molecule has 0 radical (unpaired) electrons. The van der Waals surface area contributed by atoms with E-state index in [-0.39, 0.29) is 18.4 Å². The summed E-state index contributed by atoms with van der Waals surface area (Å²) < 4.78 is 5.96. The molecule has 0 bridgehead atoms. The molecule has 152 valence electrons. The van der Waals surface area contributed by atoms with Crippen LogP contribution in [0.3, 0.4) is 0 Å². The monoisotopic (exact) mass is 393 g/mol. The Bertz CT molecular complexity index is 911. The van der Waals surface area contributed by atoms with Crippen molar-refractivity contribution in [3.8, 4) is 0 Å². The average Bonchev–Trinajstić information content (AvgIpc) is 2.91. The number of aryl methyl sites for hydroxylation is 1. The number of nitrogens with zero attached hydrogens (tertiary/aromatic N) is 1. The first-order valence-corrected chi connectivity index (χ1v) is 9.97. The molecule has 0 aliphatic carbocycles. The van der Waals surface area contributed by atoms with Gasteiger partial charge in [0.2, 0.25) is 0 Å². The second kappa shape index (κ2) is 7.77. The molecule has 0 atom stereocenters. The van der Waals surface area contributed by atoms with Crippen LogP contribution >= 0.6 is 0 Å². The molecule has 1 heterocycles. The molecule has 2 aromatic rings. The number of imide groups is 1. The summed E-state index contributed by atoms with van der Waals surface area (Å²) in [6.07, 6.45) is 0.779. The van der Waals surface area contributed by atoms with Crippen LogP contribution in [0, 0.1) is 0 Å². The smallest absolute Gasteiger partial charge is 0.309 e. The minimum atomic E-state index is -0.966. The summed E-state index contributed by atoms with van der Waals surface area (Å²) in [5, 5.41) is 10.3. The molecule has 0 spiro atoms. The van der Waals surface area contributed by atoms with Crippen LogP contribution < -0.4 is 5.46 Å². The minimum absolute atomic E-state index is 0.244. The van der Waals surface area contributed by atoms with Crippen molar-refractivity contribution >= 4 is 24.8 Å². The highest BCUT2D eigenvalue weighted by Crippen LogP contribution is 2.26. The Labute approximate surface area is 173 Å². The van der Waals surface area contributed by atoms with Gasteiger partial charge in [0.25, 0.3) is 11.8 Å². The molecule has 6 heteroatoms. The van der Waals surface area contributed by atoms with Gasteiger partial charge in [0.05, 0.1) is 28.9 Å². The average molecular weight is 393 g/mol. The molecule has 2 amide bonds. The first kappa shape index (κ1) is 21.3. The Morgan fingerprint density at radius 2 is 1.55 bits per heavy atom. The molecule has 1 N–H and O–H groups in total. The van der Waals surface area contributed by atoms with E-state index < -0.39 is 11.2 Å². The van der Waals surface area contributed by atoms with Crippen molar-refractivity contribution < 1.29 is 19.3 Å². The topological polar surface area (TPSA) is 66.8 Å². The van der Waals surface area contributed by atoms with Gasteiger partial charge in [0.1, 0.15) is 0 Å². The highest BCUT2D eigenvalue weighted by Gasteiger charge is 2.36. The van der Waals surface area contributed by atoms with Crippen molar-refractivity contribution in [2.75, 3.05) is 0 Å². The van der Waals surface area contributed by atoms with E-state index in [0.717, 1.165) is 23.0 Å². The molecule has 0 fully saturated rings. The van der Waals surface area contributed by atoms with Crippen LogP contribution in [0.5, 0.6) is 0 Å². The summed E-state index contributed by atoms with van der Waals surface area (Å²) in [4.78, 5) is 26.6. The van der Waals surface area contributed by atoms with Gasteiger partial charge in [-0.05, 0) is 57.4 Å². The maximum absolute atomic E-state index is 12.6. The van der Waals surface area contributed by atoms with E-state index in [2.05, 4.69) is 0 Å². The van der Waals surface area contributed by atoms with Crippen molar-refractivity contribution in [3.63, 3.8) is 0 Å². The third-order valence-corrected chi connectivity index (χ3v) is 5.93. The summed E-state index contributed by atoms with van der Waals surface area (Å²) in [5.74, 6) is -0.487. The zero-order valence-electron chi connectivity index (χ0n) is 17.8. The van der Waals surface area contributed by atoms with Gasteiger partial charge in [-0.15, -0.1) is 0 Å². The van der Waals surface area contributed by atoms with Gasteiger partial charge >= 0.3 is 7.48 Å². The summed E-state index contributed by atoms with van der Waals surface area (Å²) in [7, 11) is 0.372. The molecular weight excluding hydrogens is 365 g/mol. The Balaban J connectivity index is 1.77. The Hall–Kier alpha value is -2.44. The van der Waals surface area contributed by atoms with E-state index in [1.807, 2.05) is 39.0 Å². The standard InChI is InChI=1S/C23H28BNO4/c1-6-15-13-17(24-29-23(4,5)22(2,3)28)12-11-16(15)14-25-20(26)18-9-7-8-10-19(18)21(25)27/h7-13,24,28H,6,14H2,1-5H3. The fourth-order valence-electron chi connectivity index (χ4n) is 3.25. The molecule has 0 unspecified atom stereocenters. The maximum Gasteiger partial charge on any atom is 0.309 e. The van der Waals surface area contributed by atoms with Gasteiger partial charge in [0.15, 0.2) is 0 Å². The van der Waals surface area contributed by atoms with Gasteiger partial charge in [-0.1, -0.05) is 42.7 Å². The summed E-state index contributed by atoms with van der Waals surface area (Å²) in [5.41, 5.74) is 2.29. The number of carbonyl (C=O) groups excluding carboxylic acids is 2. The molecule has 3 rings (SSSR count). The van der Waals surface area contributed by atoms with Crippen LogP contribution in [0.25, 0.3) is 0 Å². The minimum Gasteiger partial charge on any atom is -0.427 e. The molecule has 29 heavy (non-hydrogen) atoms. The first-order valence-electron chi connectivity index (χ1n) is 9.97. The Morgan fingerprint density at radius 1 is 0.966 bits per heavy atom. The highest BCUT2D eigenvalue weighted by atomic mass is 16.5. The van der Waals surface area contributed by atoms with Gasteiger partial charge < -0.3 is 9.76 Å². The molecule has 1 aliphatic rings. The third-order valence-electron chi connectivity index (χ3n) is 5.93. The van der Waals surface area contributed by atoms with E-state index in [4.69, 9.17) is 4.65 Å². The number of aliphatic hydroxyl groups is 1. The van der Waals surface area contributed by atoms with Crippen LogP contribution in [0.4, 0.5) is 0 Å². The SMILES string of the molecule is CCc1cc(BOC(C)(C)C(C)(C)O)ccc1CN1C(=O)c2ccccc2C1=O. The van der Waals surface area contributed by atoms with Crippen molar-refractivity contribution in [2.24, 2.45) is 0 Å². The number of rotatable bonds is 7. The number of carbonyl (C=O) groups is 2. The van der Waals surface area contributed by atoms with Crippen LogP contribution in [0.1, 0.15) is 66.5 Å². The zero-order chi connectivity index (χ0) is 21.4. The van der Waals surface area contributed by atoms with Crippen LogP contribution in [-0.2, 0) is 17.6 Å². The van der Waals surface area contributed by atoms with Crippen LogP contribution in [-0.4, -0.2) is 40.5 Å². The normalized spacial score (nSPS) is 14.3. The van der Waals surface area contributed by atoms with Crippen LogP contribution in [0.2, 0.25) is 0 Å². The molecule has 5 nitrogen and oxygen atoms in total. The number of amides is 2. The number of fused-ring (bicyclic) bond motifs is 1. The molecular formula is C23H28BNO4. The largest absolute Gasteiger partial charge is 0.427 e. The Morgan fingerprint density at radius 3 is 2.07 bits per heavy atom. The van der Waals surface area contributed by atoms with Gasteiger partial charge in [-0.25, -0.2) is 0 Å². The molecule has 1 aliphatic heterocycles. The van der Waals surface area contributed by atoms with Crippen LogP contribution in [0.15, 0.2) is 42.5 Å². The second-order valence-electron chi connectivity index (χ2n) is 8.56. The fraction of sp³-hybridized carbons (Fsp3) is 0.391. The van der Waals surface area contributed by atoms with E-state index >= 15 is 0 Å². The molecule has 0 saturated carbocycles. The zero-order valence-corrected chi connectivity index (χ0v) is 17.8. The van der Waals surface area contributed by atoms with E-state index in [0.29, 0.717) is 18.6 Å². The lowest BCUT2D eigenvalue weighted by Gasteiger charge is -2.37. The third kappa shape index (κ3) is 4.14.